The predicted octanol–water partition coefficient (Wildman–Crippen LogP) is 5.28. The van der Waals surface area contributed by atoms with E-state index in [-0.39, 0.29) is 5.78 Å². The van der Waals surface area contributed by atoms with Crippen LogP contribution in [-0.4, -0.2) is 28.5 Å². The molecule has 2 rings (SSSR count). The molecule has 2 aromatic rings. The van der Waals surface area contributed by atoms with Crippen LogP contribution in [0.4, 0.5) is 10.5 Å². The summed E-state index contributed by atoms with van der Waals surface area (Å²) in [6, 6.07) is 15.5. The number of hydrogen-bond acceptors (Lipinski definition) is 4. The van der Waals surface area contributed by atoms with Gasteiger partial charge in [-0.05, 0) is 45.9 Å². The highest BCUT2D eigenvalue weighted by Crippen LogP contribution is 2.20. The van der Waals surface area contributed by atoms with E-state index in [0.29, 0.717) is 11.3 Å². The van der Waals surface area contributed by atoms with Crippen LogP contribution in [0.1, 0.15) is 38.1 Å². The molecule has 6 heteroatoms. The minimum atomic E-state index is -0.758. The van der Waals surface area contributed by atoms with Crippen molar-refractivity contribution in [1.29, 1.82) is 0 Å². The number of hydrazine groups is 1. The number of carbonyl (C=O) groups is 2. The molecule has 0 heterocycles. The number of halogens is 1. The van der Waals surface area contributed by atoms with Crippen molar-refractivity contribution in [3.05, 3.63) is 64.6 Å². The lowest BCUT2D eigenvalue weighted by atomic mass is 10.1. The Kier molecular flexibility index (Phi) is 6.42. The quantitative estimate of drug-likeness (QED) is 0.529. The summed E-state index contributed by atoms with van der Waals surface area (Å²) in [5.41, 5.74) is 3.52. The lowest BCUT2D eigenvalue weighted by Gasteiger charge is -2.31. The summed E-state index contributed by atoms with van der Waals surface area (Å²) < 4.78 is 6.33. The Bertz CT molecular complexity index is 772. The predicted molar refractivity (Wildman–Crippen MR) is 106 cm³/mol. The molecule has 1 N–H and O–H groups in total. The van der Waals surface area contributed by atoms with Crippen molar-refractivity contribution >= 4 is 33.5 Å². The Morgan fingerprint density at radius 2 is 1.73 bits per heavy atom. The molecule has 0 bridgehead atoms. The van der Waals surface area contributed by atoms with Gasteiger partial charge in [0.15, 0.2) is 5.78 Å². The second kappa shape index (κ2) is 8.36. The first kappa shape index (κ1) is 20.0. The van der Waals surface area contributed by atoms with Crippen molar-refractivity contribution in [2.45, 2.75) is 39.3 Å². The van der Waals surface area contributed by atoms with Crippen LogP contribution >= 0.6 is 15.9 Å². The van der Waals surface area contributed by atoms with Gasteiger partial charge >= 0.3 is 6.09 Å². The molecular formula is C20H23BrN2O3. The summed E-state index contributed by atoms with van der Waals surface area (Å²) in [7, 11) is 0. The minimum Gasteiger partial charge on any atom is -0.442 e. The molecule has 1 atom stereocenters. The number of anilines is 1. The van der Waals surface area contributed by atoms with Crippen LogP contribution in [0.15, 0.2) is 59.1 Å². The molecule has 0 aliphatic heterocycles. The van der Waals surface area contributed by atoms with E-state index in [1.54, 1.807) is 52.0 Å². The van der Waals surface area contributed by atoms with Gasteiger partial charge in [0, 0.05) is 10.0 Å². The number of nitrogens with one attached hydrogen (secondary N) is 1. The first-order valence-electron chi connectivity index (χ1n) is 8.31. The standard InChI is InChI=1S/C20H23BrN2O3/c1-14(18(24)15-9-6-5-7-10-15)23(19(25)26-20(2,3)4)22-17-12-8-11-16(21)13-17/h5-14,22H,1-4H3. The van der Waals surface area contributed by atoms with Crippen LogP contribution in [0.25, 0.3) is 0 Å². The van der Waals surface area contributed by atoms with Gasteiger partial charge in [-0.2, -0.15) is 0 Å². The van der Waals surface area contributed by atoms with Gasteiger partial charge in [0.1, 0.15) is 11.6 Å². The monoisotopic (exact) mass is 418 g/mol. The van der Waals surface area contributed by atoms with Gasteiger partial charge in [0.05, 0.1) is 5.69 Å². The largest absolute Gasteiger partial charge is 0.442 e. The van der Waals surface area contributed by atoms with Gasteiger partial charge in [-0.3, -0.25) is 10.2 Å². The number of nitrogens with zero attached hydrogens (tertiary/aromatic N) is 1. The van der Waals surface area contributed by atoms with E-state index in [1.807, 2.05) is 30.3 Å². The fourth-order valence-electron chi connectivity index (χ4n) is 2.27. The van der Waals surface area contributed by atoms with Crippen LogP contribution in [0.3, 0.4) is 0 Å². The van der Waals surface area contributed by atoms with Gasteiger partial charge in [0.25, 0.3) is 0 Å². The first-order chi connectivity index (χ1) is 12.2. The number of Topliss-reactive ketones (excluding diaryl/α,β-unsaturated/α-hetero) is 1. The zero-order valence-corrected chi connectivity index (χ0v) is 16.9. The molecule has 1 unspecified atom stereocenters. The zero-order chi connectivity index (χ0) is 19.3. The number of benzene rings is 2. The van der Waals surface area contributed by atoms with Crippen molar-refractivity contribution in [3.8, 4) is 0 Å². The molecule has 0 fully saturated rings. The highest BCUT2D eigenvalue weighted by molar-refractivity contribution is 9.10. The maximum atomic E-state index is 12.8. The second-order valence-corrected chi connectivity index (χ2v) is 7.79. The smallest absolute Gasteiger partial charge is 0.429 e. The fraction of sp³-hybridized carbons (Fsp3) is 0.300. The molecule has 0 radical (unpaired) electrons. The average Bonchev–Trinajstić information content (AvgIpc) is 2.57. The summed E-state index contributed by atoms with van der Waals surface area (Å²) in [6.45, 7) is 7.02. The second-order valence-electron chi connectivity index (χ2n) is 6.88. The lowest BCUT2D eigenvalue weighted by molar-refractivity contribution is 0.0229. The molecule has 0 aliphatic carbocycles. The molecular weight excluding hydrogens is 396 g/mol. The molecule has 0 saturated heterocycles. The molecule has 2 aromatic carbocycles. The van der Waals surface area contributed by atoms with Crippen LogP contribution in [0.2, 0.25) is 0 Å². The maximum Gasteiger partial charge on any atom is 0.429 e. The van der Waals surface area contributed by atoms with Crippen molar-refractivity contribution < 1.29 is 14.3 Å². The first-order valence-corrected chi connectivity index (χ1v) is 9.10. The number of carbonyl (C=O) groups excluding carboxylic acids is 2. The van der Waals surface area contributed by atoms with E-state index in [4.69, 9.17) is 4.74 Å². The summed E-state index contributed by atoms with van der Waals surface area (Å²) in [5.74, 6) is -0.182. The highest BCUT2D eigenvalue weighted by atomic mass is 79.9. The number of hydrogen-bond donors (Lipinski definition) is 1. The van der Waals surface area contributed by atoms with E-state index in [0.717, 1.165) is 4.47 Å². The van der Waals surface area contributed by atoms with Crippen LogP contribution in [0.5, 0.6) is 0 Å². The Balaban J connectivity index is 2.29. The fourth-order valence-corrected chi connectivity index (χ4v) is 2.67. The van der Waals surface area contributed by atoms with Gasteiger partial charge in [0.2, 0.25) is 0 Å². The molecule has 0 spiro atoms. The van der Waals surface area contributed by atoms with Gasteiger partial charge in [-0.25, -0.2) is 9.80 Å². The third kappa shape index (κ3) is 5.59. The molecule has 0 aromatic heterocycles. The zero-order valence-electron chi connectivity index (χ0n) is 15.3. The number of rotatable bonds is 5. The summed E-state index contributed by atoms with van der Waals surface area (Å²) in [6.07, 6.45) is -0.616. The van der Waals surface area contributed by atoms with Crippen molar-refractivity contribution in [1.82, 2.24) is 5.01 Å². The lowest BCUT2D eigenvalue weighted by Crippen LogP contribution is -2.49. The van der Waals surface area contributed by atoms with E-state index in [1.165, 1.54) is 5.01 Å². The maximum absolute atomic E-state index is 12.8. The Morgan fingerprint density at radius 1 is 1.08 bits per heavy atom. The van der Waals surface area contributed by atoms with Gasteiger partial charge < -0.3 is 4.74 Å². The van der Waals surface area contributed by atoms with Gasteiger partial charge in [-0.15, -0.1) is 0 Å². The summed E-state index contributed by atoms with van der Waals surface area (Å²) in [5, 5.41) is 1.22. The van der Waals surface area contributed by atoms with Crippen LogP contribution < -0.4 is 5.43 Å². The molecule has 0 saturated carbocycles. The number of ether oxygens (including phenoxy) is 1. The molecule has 1 amide bonds. The number of ketones is 1. The van der Waals surface area contributed by atoms with Crippen LogP contribution in [0, 0.1) is 0 Å². The molecule has 5 nitrogen and oxygen atoms in total. The Morgan fingerprint density at radius 3 is 2.31 bits per heavy atom. The van der Waals surface area contributed by atoms with Gasteiger partial charge in [-0.1, -0.05) is 52.3 Å². The van der Waals surface area contributed by atoms with E-state index in [9.17, 15) is 9.59 Å². The molecule has 26 heavy (non-hydrogen) atoms. The SMILES string of the molecule is CC(C(=O)c1ccccc1)N(Nc1cccc(Br)c1)C(=O)OC(C)(C)C. The number of amides is 1. The normalized spacial score (nSPS) is 12.2. The van der Waals surface area contributed by atoms with Crippen LogP contribution in [-0.2, 0) is 4.74 Å². The topological polar surface area (TPSA) is 58.6 Å². The molecule has 0 aliphatic rings. The van der Waals surface area contributed by atoms with Crippen molar-refractivity contribution in [2.75, 3.05) is 5.43 Å². The molecule has 138 valence electrons. The summed E-state index contributed by atoms with van der Waals surface area (Å²) in [4.78, 5) is 25.5. The Labute approximate surface area is 162 Å². The minimum absolute atomic E-state index is 0.182. The van der Waals surface area contributed by atoms with E-state index >= 15 is 0 Å². The Hall–Kier alpha value is -2.34. The summed E-state index contributed by atoms with van der Waals surface area (Å²) >= 11 is 3.40. The average molecular weight is 419 g/mol. The van der Waals surface area contributed by atoms with E-state index < -0.39 is 17.7 Å². The third-order valence-electron chi connectivity index (χ3n) is 3.49. The van der Waals surface area contributed by atoms with Crippen molar-refractivity contribution in [3.63, 3.8) is 0 Å². The highest BCUT2D eigenvalue weighted by Gasteiger charge is 2.31. The third-order valence-corrected chi connectivity index (χ3v) is 3.98. The van der Waals surface area contributed by atoms with Crippen molar-refractivity contribution in [2.24, 2.45) is 0 Å². The van der Waals surface area contributed by atoms with E-state index in [2.05, 4.69) is 21.4 Å².